The molecule has 4 rings (SSSR count). The van der Waals surface area contributed by atoms with Crippen molar-refractivity contribution in [1.82, 2.24) is 4.90 Å². The van der Waals surface area contributed by atoms with E-state index in [0.717, 1.165) is 36.9 Å². The Labute approximate surface area is 239 Å². The van der Waals surface area contributed by atoms with Gasteiger partial charge in [0, 0.05) is 5.69 Å². The lowest BCUT2D eigenvalue weighted by Crippen LogP contribution is -2.36. The summed E-state index contributed by atoms with van der Waals surface area (Å²) in [6.45, 7) is 6.13. The molecule has 3 aromatic rings. The molecular weight excluding hydrogens is 615 g/mol. The fourth-order valence-corrected chi connectivity index (χ4v) is 5.55. The van der Waals surface area contributed by atoms with Gasteiger partial charge in [0.15, 0.2) is 11.5 Å². The van der Waals surface area contributed by atoms with E-state index in [-0.39, 0.29) is 11.4 Å². The van der Waals surface area contributed by atoms with Crippen LogP contribution in [0.15, 0.2) is 65.6 Å². The van der Waals surface area contributed by atoms with Gasteiger partial charge in [-0.1, -0.05) is 48.5 Å². The number of benzene rings is 3. The van der Waals surface area contributed by atoms with Crippen LogP contribution in [0.5, 0.6) is 11.5 Å². The van der Waals surface area contributed by atoms with Crippen LogP contribution < -0.4 is 14.8 Å². The van der Waals surface area contributed by atoms with E-state index in [1.54, 1.807) is 12.1 Å². The Kier molecular flexibility index (Phi) is 9.11. The number of imide groups is 1. The minimum absolute atomic E-state index is 0.242. The quantitative estimate of drug-likeness (QED) is 0.210. The van der Waals surface area contributed by atoms with Crippen molar-refractivity contribution in [2.75, 3.05) is 18.5 Å². The highest BCUT2D eigenvalue weighted by Gasteiger charge is 2.36. The number of carbonyl (C=O) groups excluding carboxylic acids is 3. The molecule has 0 aromatic heterocycles. The van der Waals surface area contributed by atoms with Gasteiger partial charge in [-0.2, -0.15) is 0 Å². The summed E-state index contributed by atoms with van der Waals surface area (Å²) in [6.07, 6.45) is 1.64. The van der Waals surface area contributed by atoms with Crippen LogP contribution in [0, 0.1) is 17.4 Å². The van der Waals surface area contributed by atoms with Gasteiger partial charge in [0.25, 0.3) is 11.1 Å². The fourth-order valence-electron chi connectivity index (χ4n) is 3.93. The number of rotatable bonds is 9. The molecule has 3 aromatic carbocycles. The number of hydrogen-bond donors (Lipinski definition) is 1. The summed E-state index contributed by atoms with van der Waals surface area (Å²) in [5, 5.41) is 2.34. The predicted molar refractivity (Wildman–Crippen MR) is 158 cm³/mol. The molecule has 1 saturated heterocycles. The third-order valence-electron chi connectivity index (χ3n) is 5.78. The summed E-state index contributed by atoms with van der Waals surface area (Å²) in [5.74, 6) is 0.228. The monoisotopic (exact) mass is 642 g/mol. The molecule has 1 aliphatic rings. The molecule has 0 aliphatic carbocycles. The van der Waals surface area contributed by atoms with Crippen molar-refractivity contribution in [2.24, 2.45) is 0 Å². The van der Waals surface area contributed by atoms with Crippen molar-refractivity contribution in [2.45, 2.75) is 27.4 Å². The van der Waals surface area contributed by atoms with Crippen LogP contribution in [0.2, 0.25) is 0 Å². The minimum atomic E-state index is -0.506. The van der Waals surface area contributed by atoms with Gasteiger partial charge in [-0.05, 0) is 95.6 Å². The SMILES string of the molecule is CCOc1cc(/C=C2/SC(=O)N(CC(=O)Nc3c(C)cccc3C)C2=O)cc(I)c1OCc1ccccc1. The van der Waals surface area contributed by atoms with Crippen molar-refractivity contribution in [3.05, 3.63) is 91.4 Å². The van der Waals surface area contributed by atoms with Crippen LogP contribution in [0.3, 0.4) is 0 Å². The maximum atomic E-state index is 13.0. The second kappa shape index (κ2) is 12.5. The first-order valence-corrected chi connectivity index (χ1v) is 13.9. The molecule has 3 amide bonds. The summed E-state index contributed by atoms with van der Waals surface area (Å²) in [7, 11) is 0. The number of amides is 3. The lowest BCUT2D eigenvalue weighted by Gasteiger charge is -2.15. The van der Waals surface area contributed by atoms with Gasteiger partial charge in [0.2, 0.25) is 5.91 Å². The van der Waals surface area contributed by atoms with Crippen LogP contribution in [-0.2, 0) is 16.2 Å². The van der Waals surface area contributed by atoms with Crippen LogP contribution in [0.1, 0.15) is 29.2 Å². The Balaban J connectivity index is 1.50. The smallest absolute Gasteiger partial charge is 0.294 e. The topological polar surface area (TPSA) is 84.9 Å². The normalized spacial score (nSPS) is 14.2. The van der Waals surface area contributed by atoms with E-state index < -0.39 is 17.1 Å². The number of para-hydroxylation sites is 1. The van der Waals surface area contributed by atoms with Crippen molar-refractivity contribution < 1.29 is 23.9 Å². The zero-order valence-corrected chi connectivity index (χ0v) is 24.2. The van der Waals surface area contributed by atoms with Gasteiger partial charge in [-0.25, -0.2) is 0 Å². The number of ether oxygens (including phenoxy) is 2. The highest BCUT2D eigenvalue weighted by molar-refractivity contribution is 14.1. The first-order valence-electron chi connectivity index (χ1n) is 12.0. The molecular formula is C29H27IN2O5S. The molecule has 1 fully saturated rings. The Morgan fingerprint density at radius 1 is 1.03 bits per heavy atom. The summed E-state index contributed by atoms with van der Waals surface area (Å²) in [6, 6.07) is 19.2. The van der Waals surface area contributed by atoms with E-state index in [4.69, 9.17) is 9.47 Å². The molecule has 0 unspecified atom stereocenters. The summed E-state index contributed by atoms with van der Waals surface area (Å²) >= 11 is 2.98. The summed E-state index contributed by atoms with van der Waals surface area (Å²) in [4.78, 5) is 39.5. The third kappa shape index (κ3) is 6.57. The number of thioether (sulfide) groups is 1. The van der Waals surface area contributed by atoms with Gasteiger partial charge in [-0.15, -0.1) is 0 Å². The second-order valence-corrected chi connectivity index (χ2v) is 10.8. The van der Waals surface area contributed by atoms with E-state index in [0.29, 0.717) is 36.0 Å². The van der Waals surface area contributed by atoms with Gasteiger partial charge >= 0.3 is 0 Å². The van der Waals surface area contributed by atoms with Gasteiger partial charge < -0.3 is 14.8 Å². The number of anilines is 1. The first kappa shape index (κ1) is 27.7. The van der Waals surface area contributed by atoms with E-state index in [1.165, 1.54) is 0 Å². The van der Waals surface area contributed by atoms with Gasteiger partial charge in [0.1, 0.15) is 13.2 Å². The average molecular weight is 643 g/mol. The second-order valence-electron chi connectivity index (χ2n) is 8.62. The fraction of sp³-hybridized carbons (Fsp3) is 0.207. The number of nitrogens with zero attached hydrogens (tertiary/aromatic N) is 1. The maximum absolute atomic E-state index is 13.0. The molecule has 1 N–H and O–H groups in total. The molecule has 7 nitrogen and oxygen atoms in total. The van der Waals surface area contributed by atoms with Crippen molar-refractivity contribution in [3.8, 4) is 11.5 Å². The van der Waals surface area contributed by atoms with E-state index in [2.05, 4.69) is 27.9 Å². The van der Waals surface area contributed by atoms with Crippen LogP contribution in [0.25, 0.3) is 6.08 Å². The lowest BCUT2D eigenvalue weighted by molar-refractivity contribution is -0.127. The highest BCUT2D eigenvalue weighted by atomic mass is 127. The molecule has 1 heterocycles. The molecule has 9 heteroatoms. The van der Waals surface area contributed by atoms with Crippen molar-refractivity contribution in [3.63, 3.8) is 0 Å². The van der Waals surface area contributed by atoms with Crippen LogP contribution >= 0.6 is 34.4 Å². The molecule has 38 heavy (non-hydrogen) atoms. The molecule has 0 saturated carbocycles. The first-order chi connectivity index (χ1) is 18.3. The van der Waals surface area contributed by atoms with E-state index in [9.17, 15) is 14.4 Å². The van der Waals surface area contributed by atoms with Gasteiger partial charge in [0.05, 0.1) is 15.1 Å². The third-order valence-corrected chi connectivity index (χ3v) is 7.48. The Morgan fingerprint density at radius 2 is 1.74 bits per heavy atom. The predicted octanol–water partition coefficient (Wildman–Crippen LogP) is 6.56. The Bertz CT molecular complexity index is 1390. The van der Waals surface area contributed by atoms with E-state index >= 15 is 0 Å². The number of carbonyl (C=O) groups is 3. The summed E-state index contributed by atoms with van der Waals surface area (Å²) in [5.41, 5.74) is 4.22. The number of hydrogen-bond acceptors (Lipinski definition) is 6. The molecule has 0 radical (unpaired) electrons. The largest absolute Gasteiger partial charge is 0.490 e. The Morgan fingerprint density at radius 3 is 2.42 bits per heavy atom. The molecule has 1 aliphatic heterocycles. The van der Waals surface area contributed by atoms with Crippen LogP contribution in [-0.4, -0.2) is 35.1 Å². The number of aryl methyl sites for hydroxylation is 2. The standard InChI is InChI=1S/C29H27IN2O5S/c1-4-36-23-14-21(13-22(30)27(23)37-17-20-11-6-5-7-12-20)15-24-28(34)32(29(35)38-24)16-25(33)31-26-18(2)9-8-10-19(26)3/h5-15H,4,16-17H2,1-3H3,(H,31,33)/b24-15+. The molecule has 196 valence electrons. The zero-order chi connectivity index (χ0) is 27.2. The zero-order valence-electron chi connectivity index (χ0n) is 21.2. The van der Waals surface area contributed by atoms with Gasteiger partial charge in [-0.3, -0.25) is 19.3 Å². The minimum Gasteiger partial charge on any atom is -0.490 e. The molecule has 0 atom stereocenters. The highest BCUT2D eigenvalue weighted by Crippen LogP contribution is 2.38. The maximum Gasteiger partial charge on any atom is 0.294 e. The Hall–Kier alpha value is -3.31. The average Bonchev–Trinajstić information content (AvgIpc) is 3.14. The summed E-state index contributed by atoms with van der Waals surface area (Å²) < 4.78 is 12.7. The molecule has 0 spiro atoms. The number of halogens is 1. The van der Waals surface area contributed by atoms with E-state index in [1.807, 2.05) is 75.4 Å². The number of nitrogens with one attached hydrogen (secondary N) is 1. The van der Waals surface area contributed by atoms with Crippen molar-refractivity contribution >= 4 is 63.2 Å². The van der Waals surface area contributed by atoms with Crippen molar-refractivity contribution in [1.29, 1.82) is 0 Å². The lowest BCUT2D eigenvalue weighted by atomic mass is 10.1. The molecule has 0 bridgehead atoms. The van der Waals surface area contributed by atoms with Crippen LogP contribution in [0.4, 0.5) is 10.5 Å².